The van der Waals surface area contributed by atoms with Crippen LogP contribution in [0.1, 0.15) is 62.0 Å². The van der Waals surface area contributed by atoms with E-state index in [1.54, 1.807) is 0 Å². The molecule has 4 aliphatic carbocycles. The summed E-state index contributed by atoms with van der Waals surface area (Å²) >= 11 is 6.05. The normalized spacial score (nSPS) is 43.3. The van der Waals surface area contributed by atoms with E-state index in [9.17, 15) is 0 Å². The molecule has 4 bridgehead atoms. The fraction of sp³-hybridized carbons (Fsp3) is 0.800. The number of hydrogen-bond acceptors (Lipinski definition) is 2. The van der Waals surface area contributed by atoms with Crippen LogP contribution in [-0.2, 0) is 0 Å². The number of aromatic nitrogens is 1. The Morgan fingerprint density at radius 3 is 2.28 bits per heavy atom. The minimum Gasteiger partial charge on any atom is -0.444 e. The average Bonchev–Trinajstić information content (AvgIpc) is 2.77. The largest absolute Gasteiger partial charge is 0.444 e. The van der Waals surface area contributed by atoms with Gasteiger partial charge in [0.1, 0.15) is 11.1 Å². The minimum absolute atomic E-state index is 0.115. The van der Waals surface area contributed by atoms with Crippen molar-refractivity contribution >= 4 is 11.6 Å². The first-order valence-electron chi connectivity index (χ1n) is 7.30. The maximum absolute atomic E-state index is 6.05. The first kappa shape index (κ1) is 11.3. The molecule has 1 unspecified atom stereocenters. The van der Waals surface area contributed by atoms with Gasteiger partial charge in [-0.15, -0.1) is 11.6 Å². The maximum Gasteiger partial charge on any atom is 0.212 e. The molecular weight excluding hydrogens is 246 g/mol. The summed E-state index contributed by atoms with van der Waals surface area (Å²) in [6.45, 7) is 1.92. The number of hydrogen-bond donors (Lipinski definition) is 0. The highest BCUT2D eigenvalue weighted by atomic mass is 35.5. The molecule has 0 aromatic carbocycles. The Labute approximate surface area is 113 Å². The lowest BCUT2D eigenvalue weighted by molar-refractivity contribution is -0.00992. The van der Waals surface area contributed by atoms with Crippen molar-refractivity contribution in [3.05, 3.63) is 17.8 Å². The monoisotopic (exact) mass is 265 g/mol. The van der Waals surface area contributed by atoms with Gasteiger partial charge in [0, 0.05) is 5.92 Å². The zero-order valence-corrected chi connectivity index (χ0v) is 11.6. The first-order chi connectivity index (χ1) is 8.70. The van der Waals surface area contributed by atoms with Crippen molar-refractivity contribution in [2.75, 3.05) is 0 Å². The van der Waals surface area contributed by atoms with Crippen LogP contribution in [0.3, 0.4) is 0 Å². The predicted octanol–water partition coefficient (Wildman–Crippen LogP) is 4.51. The van der Waals surface area contributed by atoms with Crippen LogP contribution >= 0.6 is 11.6 Å². The van der Waals surface area contributed by atoms with Crippen molar-refractivity contribution in [1.82, 2.24) is 4.98 Å². The Hall–Kier alpha value is -0.500. The number of oxazole rings is 1. The highest BCUT2D eigenvalue weighted by Crippen LogP contribution is 2.59. The number of halogens is 1. The van der Waals surface area contributed by atoms with Gasteiger partial charge in [-0.1, -0.05) is 0 Å². The van der Waals surface area contributed by atoms with Gasteiger partial charge in [-0.2, -0.15) is 0 Å². The van der Waals surface area contributed by atoms with E-state index in [2.05, 4.69) is 4.98 Å². The van der Waals surface area contributed by atoms with E-state index >= 15 is 0 Å². The van der Waals surface area contributed by atoms with Crippen LogP contribution in [0.15, 0.2) is 10.6 Å². The summed E-state index contributed by atoms with van der Waals surface area (Å²) in [6.07, 6.45) is 9.13. The Kier molecular flexibility index (Phi) is 2.52. The van der Waals surface area contributed by atoms with Crippen LogP contribution in [0.5, 0.6) is 0 Å². The van der Waals surface area contributed by atoms with Gasteiger partial charge in [0.05, 0.1) is 6.20 Å². The highest BCUT2D eigenvalue weighted by molar-refractivity contribution is 6.20. The molecule has 0 saturated heterocycles. The van der Waals surface area contributed by atoms with Crippen molar-refractivity contribution in [2.24, 2.45) is 23.7 Å². The minimum atomic E-state index is -0.115. The summed E-state index contributed by atoms with van der Waals surface area (Å²) in [6, 6.07) is 0. The number of rotatable bonds is 2. The molecule has 0 amide bonds. The van der Waals surface area contributed by atoms with Gasteiger partial charge in [0.15, 0.2) is 0 Å². The smallest absolute Gasteiger partial charge is 0.212 e. The molecule has 4 saturated carbocycles. The topological polar surface area (TPSA) is 26.0 Å². The summed E-state index contributed by atoms with van der Waals surface area (Å²) in [5, 5.41) is -0.115. The molecule has 4 aliphatic rings. The second-order valence-corrected chi connectivity index (χ2v) is 7.33. The van der Waals surface area contributed by atoms with E-state index in [1.165, 1.54) is 32.1 Å². The lowest BCUT2D eigenvalue weighted by atomic mass is 9.51. The van der Waals surface area contributed by atoms with Crippen LogP contribution in [0, 0.1) is 23.7 Å². The third-order valence-corrected chi connectivity index (χ3v) is 5.62. The standard InChI is InChI=1S/C15H20ClNO/c1-8(16)15-17-7-13(18-15)14-11-3-9-2-10(5-11)6-12(14)4-9/h7-12,14H,2-6H2,1H3. The first-order valence-corrected chi connectivity index (χ1v) is 7.74. The highest BCUT2D eigenvalue weighted by Gasteiger charge is 2.49. The maximum atomic E-state index is 6.05. The van der Waals surface area contributed by atoms with Crippen LogP contribution < -0.4 is 0 Å². The zero-order chi connectivity index (χ0) is 12.3. The van der Waals surface area contributed by atoms with E-state index in [0.717, 1.165) is 29.4 Å². The average molecular weight is 266 g/mol. The third-order valence-electron chi connectivity index (χ3n) is 5.44. The molecule has 5 rings (SSSR count). The van der Waals surface area contributed by atoms with Crippen LogP contribution in [0.25, 0.3) is 0 Å². The predicted molar refractivity (Wildman–Crippen MR) is 70.6 cm³/mol. The van der Waals surface area contributed by atoms with E-state index in [-0.39, 0.29) is 5.38 Å². The summed E-state index contributed by atoms with van der Waals surface area (Å²) in [5.74, 6) is 6.18. The van der Waals surface area contributed by atoms with Crippen molar-refractivity contribution in [1.29, 1.82) is 0 Å². The lowest BCUT2D eigenvalue weighted by Crippen LogP contribution is -2.43. The summed E-state index contributed by atoms with van der Waals surface area (Å²) in [5.41, 5.74) is 0. The van der Waals surface area contributed by atoms with Gasteiger partial charge in [-0.05, 0) is 62.7 Å². The fourth-order valence-electron chi connectivity index (χ4n) is 5.03. The SMILES string of the molecule is CC(Cl)c1ncc(C2C3CC4CC(C3)CC2C4)o1. The molecule has 18 heavy (non-hydrogen) atoms. The van der Waals surface area contributed by atoms with Gasteiger partial charge in [-0.3, -0.25) is 0 Å². The van der Waals surface area contributed by atoms with E-state index in [4.69, 9.17) is 16.0 Å². The quantitative estimate of drug-likeness (QED) is 0.735. The van der Waals surface area contributed by atoms with Crippen molar-refractivity contribution in [2.45, 2.75) is 50.3 Å². The summed E-state index contributed by atoms with van der Waals surface area (Å²) in [4.78, 5) is 4.35. The summed E-state index contributed by atoms with van der Waals surface area (Å²) < 4.78 is 5.93. The Morgan fingerprint density at radius 2 is 1.78 bits per heavy atom. The van der Waals surface area contributed by atoms with Crippen molar-refractivity contribution < 1.29 is 4.42 Å². The van der Waals surface area contributed by atoms with Gasteiger partial charge in [0.25, 0.3) is 0 Å². The van der Waals surface area contributed by atoms with Gasteiger partial charge in [0.2, 0.25) is 5.89 Å². The van der Waals surface area contributed by atoms with E-state index in [1.807, 2.05) is 13.1 Å². The molecule has 0 N–H and O–H groups in total. The molecule has 1 aromatic rings. The Morgan fingerprint density at radius 1 is 1.17 bits per heavy atom. The molecule has 0 spiro atoms. The van der Waals surface area contributed by atoms with Gasteiger partial charge >= 0.3 is 0 Å². The summed E-state index contributed by atoms with van der Waals surface area (Å²) in [7, 11) is 0. The van der Waals surface area contributed by atoms with E-state index < -0.39 is 0 Å². The number of nitrogens with zero attached hydrogens (tertiary/aromatic N) is 1. The van der Waals surface area contributed by atoms with Crippen molar-refractivity contribution in [3.63, 3.8) is 0 Å². The third kappa shape index (κ3) is 1.65. The van der Waals surface area contributed by atoms with Gasteiger partial charge in [-0.25, -0.2) is 4.98 Å². The van der Waals surface area contributed by atoms with Crippen LogP contribution in [0.2, 0.25) is 0 Å². The second-order valence-electron chi connectivity index (χ2n) is 6.67. The zero-order valence-electron chi connectivity index (χ0n) is 10.8. The molecule has 98 valence electrons. The Balaban J connectivity index is 1.64. The van der Waals surface area contributed by atoms with Crippen LogP contribution in [-0.4, -0.2) is 4.98 Å². The Bertz CT molecular complexity index is 425. The second kappa shape index (κ2) is 4.00. The molecule has 3 heteroatoms. The molecule has 0 radical (unpaired) electrons. The molecule has 1 aromatic heterocycles. The molecule has 4 fully saturated rings. The van der Waals surface area contributed by atoms with Crippen LogP contribution in [0.4, 0.5) is 0 Å². The molecule has 2 nitrogen and oxygen atoms in total. The molecular formula is C15H20ClNO. The molecule has 1 heterocycles. The van der Waals surface area contributed by atoms with Crippen molar-refractivity contribution in [3.8, 4) is 0 Å². The number of alkyl halides is 1. The fourth-order valence-corrected chi connectivity index (χ4v) is 5.13. The van der Waals surface area contributed by atoms with E-state index in [0.29, 0.717) is 11.8 Å². The van der Waals surface area contributed by atoms with Gasteiger partial charge < -0.3 is 4.42 Å². The molecule has 1 atom stereocenters. The lowest BCUT2D eigenvalue weighted by Gasteiger charge is -2.53. The molecule has 0 aliphatic heterocycles.